The largest absolute Gasteiger partial charge is 0.339 e. The molecule has 104 valence electrons. The van der Waals surface area contributed by atoms with Gasteiger partial charge < -0.3 is 14.9 Å². The molecule has 2 aromatic heterocycles. The fourth-order valence-corrected chi connectivity index (χ4v) is 2.54. The Bertz CT molecular complexity index is 771. The topological polar surface area (TPSA) is 61.7 Å². The molecule has 0 fully saturated rings. The number of aromatic nitrogens is 4. The lowest BCUT2D eigenvalue weighted by atomic mass is 10.2. The van der Waals surface area contributed by atoms with E-state index in [1.807, 2.05) is 36.7 Å². The Morgan fingerprint density at radius 3 is 2.75 bits per heavy atom. The predicted molar refractivity (Wildman–Crippen MR) is 79.7 cm³/mol. The van der Waals surface area contributed by atoms with Crippen LogP contribution in [-0.2, 0) is 20.1 Å². The third-order valence-corrected chi connectivity index (χ3v) is 3.88. The molecular formula is C14H16ClN5. The molecule has 2 heterocycles. The Morgan fingerprint density at radius 2 is 2.10 bits per heavy atom. The summed E-state index contributed by atoms with van der Waals surface area (Å²) in [6.45, 7) is 3.09. The molecule has 0 aliphatic rings. The lowest BCUT2D eigenvalue weighted by molar-refractivity contribution is 0.706. The van der Waals surface area contributed by atoms with Gasteiger partial charge in [0.05, 0.1) is 12.1 Å². The van der Waals surface area contributed by atoms with E-state index in [9.17, 15) is 0 Å². The van der Waals surface area contributed by atoms with Gasteiger partial charge in [-0.2, -0.15) is 0 Å². The summed E-state index contributed by atoms with van der Waals surface area (Å²) in [4.78, 5) is 0. The molecule has 0 bridgehead atoms. The second-order valence-electron chi connectivity index (χ2n) is 4.87. The number of hydrogen-bond acceptors (Lipinski definition) is 3. The van der Waals surface area contributed by atoms with Crippen LogP contribution in [0.25, 0.3) is 10.9 Å². The van der Waals surface area contributed by atoms with Gasteiger partial charge in [0, 0.05) is 30.2 Å². The van der Waals surface area contributed by atoms with Crippen LogP contribution in [0.5, 0.6) is 0 Å². The second kappa shape index (κ2) is 4.92. The van der Waals surface area contributed by atoms with Crippen molar-refractivity contribution in [3.05, 3.63) is 46.6 Å². The smallest absolute Gasteiger partial charge is 0.152 e. The maximum atomic E-state index is 6.10. The van der Waals surface area contributed by atoms with Crippen molar-refractivity contribution in [2.24, 2.45) is 12.8 Å². The standard InChI is InChI=1S/C14H16ClN5/c1-9-17-18-14(19(9)2)8-20-7-10(6-16)12-4-3-11(15)5-13(12)20/h3-5,7H,6,8,16H2,1-2H3. The zero-order chi connectivity index (χ0) is 14.3. The van der Waals surface area contributed by atoms with Crippen molar-refractivity contribution in [1.29, 1.82) is 0 Å². The molecule has 0 unspecified atom stereocenters. The number of nitrogens with two attached hydrogens (primary N) is 1. The number of nitrogens with zero attached hydrogens (tertiary/aromatic N) is 4. The Hall–Kier alpha value is -1.85. The van der Waals surface area contributed by atoms with Gasteiger partial charge in [0.1, 0.15) is 5.82 Å². The Labute approximate surface area is 122 Å². The van der Waals surface area contributed by atoms with E-state index in [0.717, 1.165) is 33.1 Å². The summed E-state index contributed by atoms with van der Waals surface area (Å²) in [6, 6.07) is 5.86. The molecular weight excluding hydrogens is 274 g/mol. The third kappa shape index (κ3) is 2.09. The van der Waals surface area contributed by atoms with Gasteiger partial charge in [0.15, 0.2) is 5.82 Å². The van der Waals surface area contributed by atoms with Crippen LogP contribution < -0.4 is 5.73 Å². The van der Waals surface area contributed by atoms with E-state index in [1.54, 1.807) is 0 Å². The zero-order valence-corrected chi connectivity index (χ0v) is 12.2. The van der Waals surface area contributed by atoms with Gasteiger partial charge in [-0.1, -0.05) is 17.7 Å². The van der Waals surface area contributed by atoms with E-state index in [1.165, 1.54) is 0 Å². The molecule has 0 atom stereocenters. The molecule has 20 heavy (non-hydrogen) atoms. The Morgan fingerprint density at radius 1 is 1.30 bits per heavy atom. The van der Waals surface area contributed by atoms with Crippen molar-refractivity contribution in [2.75, 3.05) is 0 Å². The molecule has 0 saturated carbocycles. The first kappa shape index (κ1) is 13.1. The summed E-state index contributed by atoms with van der Waals surface area (Å²) >= 11 is 6.10. The molecule has 0 aliphatic heterocycles. The van der Waals surface area contributed by atoms with Gasteiger partial charge >= 0.3 is 0 Å². The summed E-state index contributed by atoms with van der Waals surface area (Å²) in [6.07, 6.45) is 2.06. The van der Waals surface area contributed by atoms with E-state index in [4.69, 9.17) is 17.3 Å². The highest BCUT2D eigenvalue weighted by atomic mass is 35.5. The average molecular weight is 290 g/mol. The van der Waals surface area contributed by atoms with Gasteiger partial charge in [0.25, 0.3) is 0 Å². The first-order chi connectivity index (χ1) is 9.60. The van der Waals surface area contributed by atoms with Crippen LogP contribution in [0.15, 0.2) is 24.4 Å². The monoisotopic (exact) mass is 289 g/mol. The first-order valence-electron chi connectivity index (χ1n) is 6.42. The summed E-state index contributed by atoms with van der Waals surface area (Å²) in [5.41, 5.74) is 7.99. The van der Waals surface area contributed by atoms with Gasteiger partial charge in [-0.3, -0.25) is 0 Å². The van der Waals surface area contributed by atoms with E-state index in [-0.39, 0.29) is 0 Å². The minimum atomic E-state index is 0.503. The molecule has 0 aliphatic carbocycles. The van der Waals surface area contributed by atoms with Crippen molar-refractivity contribution >= 4 is 22.5 Å². The lowest BCUT2D eigenvalue weighted by Gasteiger charge is -2.05. The normalized spacial score (nSPS) is 11.4. The van der Waals surface area contributed by atoms with Crippen molar-refractivity contribution in [1.82, 2.24) is 19.3 Å². The number of halogens is 1. The third-order valence-electron chi connectivity index (χ3n) is 3.64. The van der Waals surface area contributed by atoms with Crippen LogP contribution in [0.3, 0.4) is 0 Å². The zero-order valence-electron chi connectivity index (χ0n) is 11.5. The molecule has 1 aromatic carbocycles. The van der Waals surface area contributed by atoms with Gasteiger partial charge in [0.2, 0.25) is 0 Å². The van der Waals surface area contributed by atoms with Crippen LogP contribution in [0.4, 0.5) is 0 Å². The van der Waals surface area contributed by atoms with Crippen molar-refractivity contribution in [3.63, 3.8) is 0 Å². The summed E-state index contributed by atoms with van der Waals surface area (Å²) in [7, 11) is 1.97. The molecule has 0 spiro atoms. The Kier molecular flexibility index (Phi) is 3.23. The maximum absolute atomic E-state index is 6.10. The lowest BCUT2D eigenvalue weighted by Crippen LogP contribution is -2.06. The molecule has 0 saturated heterocycles. The summed E-state index contributed by atoms with van der Waals surface area (Å²) in [5.74, 6) is 1.80. The Balaban J connectivity index is 2.11. The van der Waals surface area contributed by atoms with Crippen LogP contribution in [0, 0.1) is 6.92 Å². The maximum Gasteiger partial charge on any atom is 0.152 e. The molecule has 2 N–H and O–H groups in total. The highest BCUT2D eigenvalue weighted by Gasteiger charge is 2.11. The van der Waals surface area contributed by atoms with Crippen LogP contribution in [-0.4, -0.2) is 19.3 Å². The highest BCUT2D eigenvalue weighted by Crippen LogP contribution is 2.25. The quantitative estimate of drug-likeness (QED) is 0.804. The number of aryl methyl sites for hydroxylation is 1. The summed E-state index contributed by atoms with van der Waals surface area (Å²) < 4.78 is 4.10. The van der Waals surface area contributed by atoms with Crippen molar-refractivity contribution in [3.8, 4) is 0 Å². The molecule has 3 aromatic rings. The number of benzene rings is 1. The fraction of sp³-hybridized carbons (Fsp3) is 0.286. The number of fused-ring (bicyclic) bond motifs is 1. The molecule has 0 radical (unpaired) electrons. The van der Waals surface area contributed by atoms with Crippen LogP contribution >= 0.6 is 11.6 Å². The summed E-state index contributed by atoms with van der Waals surface area (Å²) in [5, 5.41) is 10.1. The van der Waals surface area contributed by atoms with E-state index >= 15 is 0 Å². The second-order valence-corrected chi connectivity index (χ2v) is 5.31. The van der Waals surface area contributed by atoms with Gasteiger partial charge in [-0.25, -0.2) is 0 Å². The number of rotatable bonds is 3. The van der Waals surface area contributed by atoms with E-state index in [2.05, 4.69) is 21.0 Å². The van der Waals surface area contributed by atoms with Gasteiger partial charge in [-0.05, 0) is 24.6 Å². The van der Waals surface area contributed by atoms with Crippen molar-refractivity contribution in [2.45, 2.75) is 20.0 Å². The van der Waals surface area contributed by atoms with Crippen LogP contribution in [0.1, 0.15) is 17.2 Å². The molecule has 5 nitrogen and oxygen atoms in total. The SMILES string of the molecule is Cc1nnc(Cn2cc(CN)c3ccc(Cl)cc32)n1C. The predicted octanol–water partition coefficient (Wildman–Crippen LogP) is 2.24. The van der Waals surface area contributed by atoms with E-state index < -0.39 is 0 Å². The molecule has 6 heteroatoms. The molecule has 0 amide bonds. The highest BCUT2D eigenvalue weighted by molar-refractivity contribution is 6.31. The average Bonchev–Trinajstić information content (AvgIpc) is 2.94. The number of hydrogen-bond donors (Lipinski definition) is 1. The minimum Gasteiger partial charge on any atom is -0.339 e. The van der Waals surface area contributed by atoms with Gasteiger partial charge in [-0.15, -0.1) is 10.2 Å². The first-order valence-corrected chi connectivity index (χ1v) is 6.80. The minimum absolute atomic E-state index is 0.503. The fourth-order valence-electron chi connectivity index (χ4n) is 2.38. The van der Waals surface area contributed by atoms with E-state index in [0.29, 0.717) is 13.1 Å². The van der Waals surface area contributed by atoms with Crippen molar-refractivity contribution < 1.29 is 0 Å². The van der Waals surface area contributed by atoms with Crippen LogP contribution in [0.2, 0.25) is 5.02 Å². The molecule has 3 rings (SSSR count).